The van der Waals surface area contributed by atoms with Crippen molar-refractivity contribution < 1.29 is 0 Å². The molecular weight excluding hydrogens is 236 g/mol. The van der Waals surface area contributed by atoms with Gasteiger partial charge in [-0.15, -0.1) is 0 Å². The van der Waals surface area contributed by atoms with Gasteiger partial charge in [-0.05, 0) is 45.3 Å². The summed E-state index contributed by atoms with van der Waals surface area (Å²) < 4.78 is 2.14. The van der Waals surface area contributed by atoms with E-state index in [4.69, 9.17) is 0 Å². The van der Waals surface area contributed by atoms with Crippen LogP contribution in [0.2, 0.25) is 0 Å². The predicted molar refractivity (Wildman–Crippen MR) is 76.9 cm³/mol. The first-order valence-corrected chi connectivity index (χ1v) is 7.75. The molecule has 0 unspecified atom stereocenters. The summed E-state index contributed by atoms with van der Waals surface area (Å²) in [6.45, 7) is 6.11. The zero-order chi connectivity index (χ0) is 13.1. The monoisotopic (exact) mass is 262 g/mol. The van der Waals surface area contributed by atoms with Gasteiger partial charge in [0.2, 0.25) is 0 Å². The Kier molecular flexibility index (Phi) is 4.18. The fourth-order valence-corrected chi connectivity index (χ4v) is 3.51. The number of rotatable bonds is 3. The summed E-state index contributed by atoms with van der Waals surface area (Å²) in [6.07, 6.45) is 10.9. The van der Waals surface area contributed by atoms with Crippen LogP contribution in [0.15, 0.2) is 12.4 Å². The van der Waals surface area contributed by atoms with Crippen molar-refractivity contribution in [3.05, 3.63) is 18.2 Å². The fourth-order valence-electron chi connectivity index (χ4n) is 3.51. The largest absolute Gasteiger partial charge is 0.337 e. The second-order valence-electron chi connectivity index (χ2n) is 6.08. The molecule has 0 spiro atoms. The molecule has 1 aromatic rings. The van der Waals surface area contributed by atoms with Crippen molar-refractivity contribution in [1.82, 2.24) is 19.4 Å². The second kappa shape index (κ2) is 6.06. The molecule has 0 saturated carbocycles. The van der Waals surface area contributed by atoms with Gasteiger partial charge < -0.3 is 4.57 Å². The number of likely N-dealkylation sites (tertiary alicyclic amines) is 2. The second-order valence-corrected chi connectivity index (χ2v) is 6.08. The van der Waals surface area contributed by atoms with E-state index in [1.807, 2.05) is 12.4 Å². The summed E-state index contributed by atoms with van der Waals surface area (Å²) in [5.41, 5.74) is 0. The Balaban J connectivity index is 1.57. The Morgan fingerprint density at radius 2 is 2.00 bits per heavy atom. The number of hydrogen-bond acceptors (Lipinski definition) is 3. The van der Waals surface area contributed by atoms with Gasteiger partial charge >= 0.3 is 0 Å². The van der Waals surface area contributed by atoms with Gasteiger partial charge in [-0.3, -0.25) is 9.80 Å². The van der Waals surface area contributed by atoms with Gasteiger partial charge in [-0.2, -0.15) is 0 Å². The van der Waals surface area contributed by atoms with Gasteiger partial charge in [0.25, 0.3) is 0 Å². The average Bonchev–Trinajstić information content (AvgIpc) is 2.86. The highest BCUT2D eigenvalue weighted by atomic mass is 15.2. The zero-order valence-corrected chi connectivity index (χ0v) is 12.1. The van der Waals surface area contributed by atoms with Crippen LogP contribution in [0.3, 0.4) is 0 Å². The molecule has 4 nitrogen and oxygen atoms in total. The molecule has 4 heteroatoms. The molecule has 3 heterocycles. The van der Waals surface area contributed by atoms with Gasteiger partial charge in [-0.1, -0.05) is 6.42 Å². The summed E-state index contributed by atoms with van der Waals surface area (Å²) >= 11 is 0. The van der Waals surface area contributed by atoms with Gasteiger partial charge in [0, 0.05) is 32.0 Å². The quantitative estimate of drug-likeness (QED) is 0.831. The van der Waals surface area contributed by atoms with Gasteiger partial charge in [-0.25, -0.2) is 4.98 Å². The number of nitrogens with zero attached hydrogens (tertiary/aromatic N) is 4. The molecule has 0 amide bonds. The van der Waals surface area contributed by atoms with Crippen LogP contribution in [0.25, 0.3) is 0 Å². The van der Waals surface area contributed by atoms with Crippen LogP contribution >= 0.6 is 0 Å². The topological polar surface area (TPSA) is 24.3 Å². The normalized spacial score (nSPS) is 26.7. The number of piperidine rings is 2. The standard InChI is InChI=1S/C15H26N4/c1-17-11-7-16-15(17)13-18-8-5-6-14(12-18)19-9-3-2-4-10-19/h7,11,14H,2-6,8-10,12-13H2,1H3/t14-/m1/s1. The highest BCUT2D eigenvalue weighted by molar-refractivity contribution is 4.92. The predicted octanol–water partition coefficient (Wildman–Crippen LogP) is 1.87. The summed E-state index contributed by atoms with van der Waals surface area (Å²) in [7, 11) is 2.09. The van der Waals surface area contributed by atoms with Gasteiger partial charge in [0.1, 0.15) is 5.82 Å². The summed E-state index contributed by atoms with van der Waals surface area (Å²) in [6, 6.07) is 0.786. The van der Waals surface area contributed by atoms with Crippen molar-refractivity contribution in [3.8, 4) is 0 Å². The lowest BCUT2D eigenvalue weighted by atomic mass is 10.0. The molecular formula is C15H26N4. The first kappa shape index (κ1) is 13.1. The lowest BCUT2D eigenvalue weighted by molar-refractivity contribution is 0.0775. The lowest BCUT2D eigenvalue weighted by Gasteiger charge is -2.40. The summed E-state index contributed by atoms with van der Waals surface area (Å²) in [5.74, 6) is 1.19. The molecule has 1 atom stereocenters. The van der Waals surface area contributed by atoms with Crippen LogP contribution < -0.4 is 0 Å². The molecule has 2 aliphatic rings. The molecule has 3 rings (SSSR count). The molecule has 0 radical (unpaired) electrons. The maximum Gasteiger partial charge on any atom is 0.122 e. The highest BCUT2D eigenvalue weighted by Gasteiger charge is 2.26. The molecule has 106 valence electrons. The van der Waals surface area contributed by atoms with E-state index in [1.54, 1.807) is 0 Å². The lowest BCUT2D eigenvalue weighted by Crippen LogP contribution is -2.49. The van der Waals surface area contributed by atoms with E-state index in [0.29, 0.717) is 0 Å². The minimum absolute atomic E-state index is 0.786. The molecule has 1 aromatic heterocycles. The maximum atomic E-state index is 4.46. The SMILES string of the molecule is Cn1ccnc1CN1CCC[C@@H](N2CCCCC2)C1. The Morgan fingerprint density at radius 1 is 1.16 bits per heavy atom. The molecule has 2 fully saturated rings. The third kappa shape index (κ3) is 3.18. The highest BCUT2D eigenvalue weighted by Crippen LogP contribution is 2.21. The third-order valence-corrected chi connectivity index (χ3v) is 4.67. The van der Waals surface area contributed by atoms with Crippen LogP contribution in [0, 0.1) is 0 Å². The minimum atomic E-state index is 0.786. The number of hydrogen-bond donors (Lipinski definition) is 0. The molecule has 0 bridgehead atoms. The molecule has 19 heavy (non-hydrogen) atoms. The van der Waals surface area contributed by atoms with E-state index in [1.165, 1.54) is 64.1 Å². The van der Waals surface area contributed by atoms with Gasteiger partial charge in [0.15, 0.2) is 0 Å². The van der Waals surface area contributed by atoms with Crippen molar-refractivity contribution in [3.63, 3.8) is 0 Å². The smallest absolute Gasteiger partial charge is 0.122 e. The Bertz CT molecular complexity index is 395. The number of aromatic nitrogens is 2. The number of aryl methyl sites for hydroxylation is 1. The van der Waals surface area contributed by atoms with Crippen molar-refractivity contribution in [2.24, 2.45) is 7.05 Å². The van der Waals surface area contributed by atoms with E-state index < -0.39 is 0 Å². The van der Waals surface area contributed by atoms with Crippen LogP contribution in [0.5, 0.6) is 0 Å². The Labute approximate surface area is 116 Å². The van der Waals surface area contributed by atoms with Crippen LogP contribution in [-0.2, 0) is 13.6 Å². The summed E-state index contributed by atoms with van der Waals surface area (Å²) in [4.78, 5) is 9.77. The van der Waals surface area contributed by atoms with Crippen LogP contribution in [0.1, 0.15) is 37.9 Å². The molecule has 0 aromatic carbocycles. The van der Waals surface area contributed by atoms with E-state index >= 15 is 0 Å². The molecule has 0 N–H and O–H groups in total. The fraction of sp³-hybridized carbons (Fsp3) is 0.800. The van der Waals surface area contributed by atoms with Crippen molar-refractivity contribution in [1.29, 1.82) is 0 Å². The van der Waals surface area contributed by atoms with E-state index in [2.05, 4.69) is 26.4 Å². The van der Waals surface area contributed by atoms with E-state index in [0.717, 1.165) is 12.6 Å². The van der Waals surface area contributed by atoms with E-state index in [9.17, 15) is 0 Å². The van der Waals surface area contributed by atoms with Gasteiger partial charge in [0.05, 0.1) is 6.54 Å². The first-order chi connectivity index (χ1) is 9.33. The minimum Gasteiger partial charge on any atom is -0.337 e. The summed E-state index contributed by atoms with van der Waals surface area (Å²) in [5, 5.41) is 0. The molecule has 2 aliphatic heterocycles. The average molecular weight is 262 g/mol. The maximum absolute atomic E-state index is 4.46. The Hall–Kier alpha value is -0.870. The Morgan fingerprint density at radius 3 is 2.74 bits per heavy atom. The van der Waals surface area contributed by atoms with Crippen molar-refractivity contribution in [2.75, 3.05) is 26.2 Å². The van der Waals surface area contributed by atoms with Crippen LogP contribution in [0.4, 0.5) is 0 Å². The van der Waals surface area contributed by atoms with E-state index in [-0.39, 0.29) is 0 Å². The number of imidazole rings is 1. The first-order valence-electron chi connectivity index (χ1n) is 7.75. The third-order valence-electron chi connectivity index (χ3n) is 4.67. The van der Waals surface area contributed by atoms with Crippen molar-refractivity contribution >= 4 is 0 Å². The zero-order valence-electron chi connectivity index (χ0n) is 12.1. The molecule has 2 saturated heterocycles. The van der Waals surface area contributed by atoms with Crippen LogP contribution in [-0.4, -0.2) is 51.6 Å². The van der Waals surface area contributed by atoms with Crippen molar-refractivity contribution in [2.45, 2.75) is 44.7 Å². The molecule has 0 aliphatic carbocycles.